The van der Waals surface area contributed by atoms with Crippen LogP contribution in [0.2, 0.25) is 0 Å². The van der Waals surface area contributed by atoms with Crippen LogP contribution in [-0.4, -0.2) is 18.7 Å². The summed E-state index contributed by atoms with van der Waals surface area (Å²) in [6.45, 7) is 2.68. The van der Waals surface area contributed by atoms with Crippen molar-refractivity contribution < 1.29 is 14.4 Å². The lowest BCUT2D eigenvalue weighted by Gasteiger charge is -2.26. The van der Waals surface area contributed by atoms with Gasteiger partial charge in [-0.25, -0.2) is 5.84 Å². The maximum absolute atomic E-state index is 10.9. The van der Waals surface area contributed by atoms with Crippen LogP contribution < -0.4 is 11.4 Å². The van der Waals surface area contributed by atoms with E-state index in [4.69, 9.17) is 10.6 Å². The molecule has 1 fully saturated rings. The quantitative estimate of drug-likeness (QED) is 0.527. The molecule has 88 valence electrons. The molecule has 0 aromatic carbocycles. The van der Waals surface area contributed by atoms with Gasteiger partial charge in [0.25, 0.3) is 0 Å². The third-order valence-corrected chi connectivity index (χ3v) is 2.80. The van der Waals surface area contributed by atoms with Crippen LogP contribution in [0.15, 0.2) is 0 Å². The molecule has 1 rings (SSSR count). The van der Waals surface area contributed by atoms with Crippen molar-refractivity contribution in [3.8, 4) is 0 Å². The van der Waals surface area contributed by atoms with E-state index in [-0.39, 0.29) is 12.4 Å². The molecular formula is C10H20N2O3. The normalized spacial score (nSPS) is 26.3. The summed E-state index contributed by atoms with van der Waals surface area (Å²) in [5, 5.41) is 0. The van der Waals surface area contributed by atoms with E-state index in [9.17, 15) is 4.79 Å². The summed E-state index contributed by atoms with van der Waals surface area (Å²) < 4.78 is 5.58. The summed E-state index contributed by atoms with van der Waals surface area (Å²) in [7, 11) is 0. The zero-order valence-electron chi connectivity index (χ0n) is 9.20. The smallest absolute Gasteiger partial charge is 0.328 e. The summed E-state index contributed by atoms with van der Waals surface area (Å²) >= 11 is 0. The highest BCUT2D eigenvalue weighted by molar-refractivity contribution is 5.69. The van der Waals surface area contributed by atoms with E-state index < -0.39 is 0 Å². The van der Waals surface area contributed by atoms with E-state index in [0.717, 1.165) is 18.8 Å². The second kappa shape index (κ2) is 6.76. The molecule has 15 heavy (non-hydrogen) atoms. The van der Waals surface area contributed by atoms with Crippen LogP contribution in [0.25, 0.3) is 0 Å². The number of nitrogens with one attached hydrogen (secondary N) is 1. The Kier molecular flexibility index (Phi) is 5.60. The Hall–Kier alpha value is -0.650. The van der Waals surface area contributed by atoms with Crippen LogP contribution in [-0.2, 0) is 14.4 Å². The van der Waals surface area contributed by atoms with Gasteiger partial charge in [0.1, 0.15) is 0 Å². The Labute approximate surface area is 90.2 Å². The highest BCUT2D eigenvalue weighted by Crippen LogP contribution is 2.25. The molecule has 0 aromatic heterocycles. The van der Waals surface area contributed by atoms with Crippen molar-refractivity contribution in [2.45, 2.75) is 45.1 Å². The molecule has 0 heterocycles. The van der Waals surface area contributed by atoms with Crippen LogP contribution in [0.3, 0.4) is 0 Å². The monoisotopic (exact) mass is 216 g/mol. The molecule has 0 spiro atoms. The lowest BCUT2D eigenvalue weighted by molar-refractivity contribution is -0.153. The Balaban J connectivity index is 2.02. The van der Waals surface area contributed by atoms with Crippen LogP contribution in [0.4, 0.5) is 0 Å². The van der Waals surface area contributed by atoms with Gasteiger partial charge in [-0.3, -0.25) is 4.79 Å². The third kappa shape index (κ3) is 5.11. The fourth-order valence-electron chi connectivity index (χ4n) is 1.82. The minimum atomic E-state index is -0.387. The minimum absolute atomic E-state index is 0.246. The molecule has 0 aliphatic heterocycles. The molecule has 1 saturated carbocycles. The number of rotatable bonds is 5. The van der Waals surface area contributed by atoms with Gasteiger partial charge in [0.15, 0.2) is 0 Å². The average molecular weight is 216 g/mol. The van der Waals surface area contributed by atoms with Crippen LogP contribution in [0.5, 0.6) is 0 Å². The zero-order valence-corrected chi connectivity index (χ0v) is 9.20. The topological polar surface area (TPSA) is 73.6 Å². The second-order valence-corrected chi connectivity index (χ2v) is 4.09. The number of hydrogen-bond donors (Lipinski definition) is 2. The number of hydrogen-bond acceptors (Lipinski definition) is 5. The maximum Gasteiger partial charge on any atom is 0.328 e. The molecule has 0 bridgehead atoms. The standard InChI is InChI=1S/C10H20N2O3/c1-8-2-4-9(5-3-8)14-7-6-10(13)15-12-11/h8-9,12H,2-7,11H2,1H3. The molecule has 0 amide bonds. The highest BCUT2D eigenvalue weighted by Gasteiger charge is 2.18. The fourth-order valence-corrected chi connectivity index (χ4v) is 1.82. The van der Waals surface area contributed by atoms with Gasteiger partial charge in [0.2, 0.25) is 0 Å². The first-order valence-corrected chi connectivity index (χ1v) is 5.49. The summed E-state index contributed by atoms with van der Waals surface area (Å²) in [5.74, 6) is 5.25. The molecule has 0 unspecified atom stereocenters. The van der Waals surface area contributed by atoms with Crippen LogP contribution >= 0.6 is 0 Å². The van der Waals surface area contributed by atoms with Crippen molar-refractivity contribution in [2.24, 2.45) is 11.8 Å². The van der Waals surface area contributed by atoms with E-state index in [1.54, 1.807) is 0 Å². The predicted molar refractivity (Wildman–Crippen MR) is 55.4 cm³/mol. The zero-order chi connectivity index (χ0) is 11.1. The highest BCUT2D eigenvalue weighted by atomic mass is 16.7. The molecule has 1 aliphatic rings. The maximum atomic E-state index is 10.9. The van der Waals surface area contributed by atoms with Crippen molar-refractivity contribution in [1.82, 2.24) is 5.59 Å². The SMILES string of the molecule is CC1CCC(OCCC(=O)ONN)CC1. The average Bonchev–Trinajstić information content (AvgIpc) is 2.21. The first kappa shape index (κ1) is 12.4. The van der Waals surface area contributed by atoms with Crippen molar-refractivity contribution in [3.05, 3.63) is 0 Å². The molecule has 0 aromatic rings. The van der Waals surface area contributed by atoms with Crippen molar-refractivity contribution in [2.75, 3.05) is 6.61 Å². The van der Waals surface area contributed by atoms with Crippen molar-refractivity contribution >= 4 is 5.97 Å². The Morgan fingerprint density at radius 1 is 1.40 bits per heavy atom. The van der Waals surface area contributed by atoms with Gasteiger partial charge in [0.05, 0.1) is 19.1 Å². The van der Waals surface area contributed by atoms with Gasteiger partial charge in [-0.1, -0.05) is 12.5 Å². The van der Waals surface area contributed by atoms with E-state index >= 15 is 0 Å². The predicted octanol–water partition coefficient (Wildman–Crippen LogP) is 0.893. The minimum Gasteiger partial charge on any atom is -0.378 e. The van der Waals surface area contributed by atoms with Gasteiger partial charge in [0, 0.05) is 0 Å². The van der Waals surface area contributed by atoms with Crippen molar-refractivity contribution in [1.29, 1.82) is 0 Å². The number of carbonyl (C=O) groups is 1. The van der Waals surface area contributed by atoms with Gasteiger partial charge >= 0.3 is 5.97 Å². The van der Waals surface area contributed by atoms with Crippen LogP contribution in [0.1, 0.15) is 39.0 Å². The lowest BCUT2D eigenvalue weighted by Crippen LogP contribution is -2.27. The molecule has 5 nitrogen and oxygen atoms in total. The van der Waals surface area contributed by atoms with E-state index in [1.807, 2.05) is 5.59 Å². The molecular weight excluding hydrogens is 196 g/mol. The van der Waals surface area contributed by atoms with E-state index in [2.05, 4.69) is 11.8 Å². The third-order valence-electron chi connectivity index (χ3n) is 2.80. The number of nitrogens with two attached hydrogens (primary N) is 1. The van der Waals surface area contributed by atoms with Gasteiger partial charge < -0.3 is 9.57 Å². The molecule has 0 saturated heterocycles. The molecule has 0 radical (unpaired) electrons. The lowest BCUT2D eigenvalue weighted by atomic mass is 9.89. The largest absolute Gasteiger partial charge is 0.378 e. The van der Waals surface area contributed by atoms with E-state index in [1.165, 1.54) is 12.8 Å². The summed E-state index contributed by atoms with van der Waals surface area (Å²) in [4.78, 5) is 15.2. The second-order valence-electron chi connectivity index (χ2n) is 4.09. The molecule has 5 heteroatoms. The van der Waals surface area contributed by atoms with Gasteiger partial charge in [-0.15, -0.1) is 0 Å². The Morgan fingerprint density at radius 2 is 2.07 bits per heavy atom. The van der Waals surface area contributed by atoms with E-state index in [0.29, 0.717) is 12.7 Å². The first-order chi connectivity index (χ1) is 7.22. The molecule has 0 atom stereocenters. The van der Waals surface area contributed by atoms with Crippen molar-refractivity contribution in [3.63, 3.8) is 0 Å². The Morgan fingerprint density at radius 3 is 2.67 bits per heavy atom. The number of ether oxygens (including phenoxy) is 1. The van der Waals surface area contributed by atoms with Gasteiger partial charge in [-0.2, -0.15) is 0 Å². The number of carbonyl (C=O) groups excluding carboxylic acids is 1. The van der Waals surface area contributed by atoms with Gasteiger partial charge in [-0.05, 0) is 31.6 Å². The molecule has 1 aliphatic carbocycles. The molecule has 3 N–H and O–H groups in total. The summed E-state index contributed by atoms with van der Waals surface area (Å²) in [6, 6.07) is 0. The summed E-state index contributed by atoms with van der Waals surface area (Å²) in [6.07, 6.45) is 5.21. The first-order valence-electron chi connectivity index (χ1n) is 5.49. The number of hydrazine groups is 1. The van der Waals surface area contributed by atoms with Crippen LogP contribution in [0, 0.1) is 5.92 Å². The Bertz CT molecular complexity index is 191. The summed E-state index contributed by atoms with van der Waals surface area (Å²) in [5.41, 5.74) is 1.86. The fraction of sp³-hybridized carbons (Fsp3) is 0.900.